The highest BCUT2D eigenvalue weighted by Gasteiger charge is 2.04. The minimum Gasteiger partial charge on any atom is -0.270 e. The summed E-state index contributed by atoms with van der Waals surface area (Å²) in [5.74, 6) is 0.662. The molecule has 0 saturated carbocycles. The summed E-state index contributed by atoms with van der Waals surface area (Å²) in [5, 5.41) is 0. The third-order valence-corrected chi connectivity index (χ3v) is 3.23. The van der Waals surface area contributed by atoms with Crippen LogP contribution in [-0.2, 0) is 0 Å². The first-order chi connectivity index (χ1) is 10.6. The molecule has 0 unspecified atom stereocenters. The van der Waals surface area contributed by atoms with Crippen LogP contribution in [0.25, 0.3) is 5.57 Å². The molecule has 3 nitrogen and oxygen atoms in total. The fraction of sp³-hybridized carbons (Fsp3) is 0.105. The molecule has 0 amide bonds. The second kappa shape index (κ2) is 7.27. The maximum Gasteiger partial charge on any atom is 0.154 e. The third kappa shape index (κ3) is 3.85. The van der Waals surface area contributed by atoms with Crippen molar-refractivity contribution in [1.29, 1.82) is 0 Å². The number of allylic oxidation sites excluding steroid dienone is 2. The molecule has 1 aromatic heterocycles. The number of aryl methyl sites for hydroxylation is 1. The first-order valence-electron chi connectivity index (χ1n) is 6.99. The molecule has 2 rings (SSSR count). The van der Waals surface area contributed by atoms with Crippen molar-refractivity contribution in [3.8, 4) is 0 Å². The van der Waals surface area contributed by atoms with E-state index < -0.39 is 0 Å². The van der Waals surface area contributed by atoms with E-state index in [1.807, 2.05) is 42.5 Å². The fourth-order valence-corrected chi connectivity index (χ4v) is 1.89. The van der Waals surface area contributed by atoms with E-state index in [1.54, 1.807) is 19.5 Å². The SMILES string of the molecule is C=C(/C=N\C(=N/C)c1ccc(C)cc1)C(=C)c1ccccn1. The summed E-state index contributed by atoms with van der Waals surface area (Å²) in [7, 11) is 1.73. The van der Waals surface area contributed by atoms with Crippen LogP contribution in [0, 0.1) is 6.92 Å². The summed E-state index contributed by atoms with van der Waals surface area (Å²) in [6.07, 6.45) is 3.41. The van der Waals surface area contributed by atoms with Crippen LogP contribution in [0.1, 0.15) is 16.8 Å². The highest BCUT2D eigenvalue weighted by molar-refractivity contribution is 6.08. The molecule has 22 heavy (non-hydrogen) atoms. The minimum absolute atomic E-state index is 0.662. The Bertz CT molecular complexity index is 723. The minimum atomic E-state index is 0.662. The van der Waals surface area contributed by atoms with Crippen LogP contribution in [0.3, 0.4) is 0 Å². The predicted molar refractivity (Wildman–Crippen MR) is 94.5 cm³/mol. The third-order valence-electron chi connectivity index (χ3n) is 3.23. The molecule has 2 aromatic rings. The van der Waals surface area contributed by atoms with Crippen LogP contribution >= 0.6 is 0 Å². The largest absolute Gasteiger partial charge is 0.270 e. The topological polar surface area (TPSA) is 37.6 Å². The quantitative estimate of drug-likeness (QED) is 0.474. The molecule has 0 bridgehead atoms. The van der Waals surface area contributed by atoms with Gasteiger partial charge in [0.1, 0.15) is 0 Å². The molecule has 1 aromatic carbocycles. The summed E-state index contributed by atoms with van der Waals surface area (Å²) < 4.78 is 0. The number of benzene rings is 1. The zero-order valence-electron chi connectivity index (χ0n) is 13.0. The first kappa shape index (κ1) is 15.6. The van der Waals surface area contributed by atoms with Crippen molar-refractivity contribution in [2.45, 2.75) is 6.92 Å². The van der Waals surface area contributed by atoms with Gasteiger partial charge in [0.05, 0.1) is 5.69 Å². The van der Waals surface area contributed by atoms with E-state index in [-0.39, 0.29) is 0 Å². The van der Waals surface area contributed by atoms with Gasteiger partial charge in [-0.15, -0.1) is 0 Å². The van der Waals surface area contributed by atoms with Crippen molar-refractivity contribution >= 4 is 17.6 Å². The van der Waals surface area contributed by atoms with E-state index in [4.69, 9.17) is 0 Å². The van der Waals surface area contributed by atoms with Crippen LogP contribution in [0.4, 0.5) is 0 Å². The number of rotatable bonds is 4. The highest BCUT2D eigenvalue weighted by Crippen LogP contribution is 2.16. The lowest BCUT2D eigenvalue weighted by atomic mass is 10.1. The van der Waals surface area contributed by atoms with Crippen molar-refractivity contribution in [3.63, 3.8) is 0 Å². The first-order valence-corrected chi connectivity index (χ1v) is 6.99. The molecule has 0 spiro atoms. The second-order valence-corrected chi connectivity index (χ2v) is 4.89. The molecule has 110 valence electrons. The smallest absolute Gasteiger partial charge is 0.154 e. The van der Waals surface area contributed by atoms with Gasteiger partial charge in [0.2, 0.25) is 0 Å². The van der Waals surface area contributed by atoms with Crippen molar-refractivity contribution in [2.24, 2.45) is 9.98 Å². The van der Waals surface area contributed by atoms with Gasteiger partial charge >= 0.3 is 0 Å². The highest BCUT2D eigenvalue weighted by atomic mass is 14.9. The Hall–Kier alpha value is -2.81. The number of aromatic nitrogens is 1. The zero-order chi connectivity index (χ0) is 15.9. The van der Waals surface area contributed by atoms with Gasteiger partial charge in [-0.05, 0) is 24.6 Å². The zero-order valence-corrected chi connectivity index (χ0v) is 13.0. The van der Waals surface area contributed by atoms with Crippen LogP contribution in [-0.4, -0.2) is 24.1 Å². The van der Waals surface area contributed by atoms with E-state index in [1.165, 1.54) is 5.56 Å². The number of amidine groups is 1. The van der Waals surface area contributed by atoms with E-state index in [0.717, 1.165) is 16.8 Å². The van der Waals surface area contributed by atoms with Crippen molar-refractivity contribution in [3.05, 3.63) is 84.2 Å². The van der Waals surface area contributed by atoms with Crippen LogP contribution in [0.15, 0.2) is 77.4 Å². The molecular weight excluding hydrogens is 270 g/mol. The van der Waals surface area contributed by atoms with Crippen LogP contribution in [0.5, 0.6) is 0 Å². The Balaban J connectivity index is 2.14. The van der Waals surface area contributed by atoms with Crippen LogP contribution < -0.4 is 0 Å². The van der Waals surface area contributed by atoms with Crippen molar-refractivity contribution in [2.75, 3.05) is 7.05 Å². The van der Waals surface area contributed by atoms with E-state index in [9.17, 15) is 0 Å². The standard InChI is InChI=1S/C19H19N3/c1-14-8-10-17(11-9-14)19(20-4)22-13-15(2)16(3)18-7-5-6-12-21-18/h5-13H,2-3H2,1,4H3/b20-19-,22-13-. The summed E-state index contributed by atoms with van der Waals surface area (Å²) in [5.41, 5.74) is 4.44. The normalized spacial score (nSPS) is 11.6. The number of hydrogen-bond donors (Lipinski definition) is 0. The molecule has 0 aliphatic carbocycles. The Labute approximate surface area is 131 Å². The van der Waals surface area contributed by atoms with Crippen LogP contribution in [0.2, 0.25) is 0 Å². The molecule has 0 aliphatic heterocycles. The van der Waals surface area contributed by atoms with Gasteiger partial charge in [-0.3, -0.25) is 9.98 Å². The van der Waals surface area contributed by atoms with Gasteiger partial charge in [-0.25, -0.2) is 4.99 Å². The lowest BCUT2D eigenvalue weighted by molar-refractivity contribution is 1.28. The fourth-order valence-electron chi connectivity index (χ4n) is 1.89. The molecule has 0 atom stereocenters. The van der Waals surface area contributed by atoms with E-state index >= 15 is 0 Å². The molecule has 1 heterocycles. The monoisotopic (exact) mass is 289 g/mol. The summed E-state index contributed by atoms with van der Waals surface area (Å²) in [6.45, 7) is 10.1. The molecule has 0 N–H and O–H groups in total. The summed E-state index contributed by atoms with van der Waals surface area (Å²) in [6, 6.07) is 13.8. The average Bonchev–Trinajstić information content (AvgIpc) is 2.56. The van der Waals surface area contributed by atoms with Gasteiger partial charge in [0, 0.05) is 30.6 Å². The molecule has 0 fully saturated rings. The Morgan fingerprint density at radius 3 is 2.41 bits per heavy atom. The van der Waals surface area contributed by atoms with Gasteiger partial charge in [0.15, 0.2) is 5.84 Å². The lowest BCUT2D eigenvalue weighted by Crippen LogP contribution is -1.99. The molecule has 0 saturated heterocycles. The maximum absolute atomic E-state index is 4.43. The lowest BCUT2D eigenvalue weighted by Gasteiger charge is -2.05. The molecular formula is C19H19N3. The van der Waals surface area contributed by atoms with Gasteiger partial charge in [-0.2, -0.15) is 0 Å². The van der Waals surface area contributed by atoms with E-state index in [0.29, 0.717) is 11.4 Å². The summed E-state index contributed by atoms with van der Waals surface area (Å²) >= 11 is 0. The Morgan fingerprint density at radius 1 is 1.09 bits per heavy atom. The Kier molecular flexibility index (Phi) is 5.15. The van der Waals surface area contributed by atoms with Gasteiger partial charge in [-0.1, -0.05) is 49.1 Å². The van der Waals surface area contributed by atoms with Gasteiger partial charge in [0.25, 0.3) is 0 Å². The maximum atomic E-state index is 4.43. The second-order valence-electron chi connectivity index (χ2n) is 4.89. The van der Waals surface area contributed by atoms with Gasteiger partial charge < -0.3 is 0 Å². The van der Waals surface area contributed by atoms with Crippen molar-refractivity contribution in [1.82, 2.24) is 4.98 Å². The van der Waals surface area contributed by atoms with E-state index in [2.05, 4.69) is 35.1 Å². The molecule has 0 aliphatic rings. The molecule has 0 radical (unpaired) electrons. The molecule has 3 heteroatoms. The summed E-state index contributed by atoms with van der Waals surface area (Å²) in [4.78, 5) is 12.9. The number of nitrogens with zero attached hydrogens (tertiary/aromatic N) is 3. The van der Waals surface area contributed by atoms with Crippen molar-refractivity contribution < 1.29 is 0 Å². The predicted octanol–water partition coefficient (Wildman–Crippen LogP) is 4.11. The Morgan fingerprint density at radius 2 is 1.82 bits per heavy atom. The average molecular weight is 289 g/mol. The number of aliphatic imine (C=N–C) groups is 2. The number of pyridine rings is 1. The number of hydrogen-bond acceptors (Lipinski definition) is 2.